The molecule has 2 nitrogen and oxygen atoms in total. The number of fused-ring (bicyclic) bond motifs is 1. The van der Waals surface area contributed by atoms with Gasteiger partial charge in [-0.1, -0.05) is 59.3 Å². The molecule has 1 heterocycles. The number of thiazole rings is 1. The fraction of sp³-hybridized carbons (Fsp3) is 0.0714. The van der Waals surface area contributed by atoms with Crippen LogP contribution in [0.1, 0.15) is 0 Å². The maximum absolute atomic E-state index is 6.11. The van der Waals surface area contributed by atoms with Crippen LogP contribution in [-0.4, -0.2) is 11.2 Å². The van der Waals surface area contributed by atoms with E-state index in [1.165, 1.54) is 22.1 Å². The average molecular weight is 347 g/mol. The number of rotatable bonds is 1. The number of benzene rings is 2. The van der Waals surface area contributed by atoms with E-state index in [0.717, 1.165) is 11.3 Å². The Morgan fingerprint density at radius 2 is 1.75 bits per heavy atom. The monoisotopic (exact) mass is 346 g/mol. The molecule has 3 aromatic rings. The Morgan fingerprint density at radius 3 is 2.35 bits per heavy atom. The molecule has 0 unspecified atom stereocenters. The van der Waals surface area contributed by atoms with Crippen molar-refractivity contribution >= 4 is 51.5 Å². The van der Waals surface area contributed by atoms with E-state index in [-0.39, 0.29) is 51.4 Å². The molecule has 0 saturated heterocycles. The third-order valence-corrected chi connectivity index (χ3v) is 3.71. The number of aromatic nitrogens is 1. The van der Waals surface area contributed by atoms with E-state index in [9.17, 15) is 0 Å². The van der Waals surface area contributed by atoms with Crippen molar-refractivity contribution < 1.29 is 51.4 Å². The molecule has 0 fully saturated rings. The molecule has 20 heavy (non-hydrogen) atoms. The van der Waals surface area contributed by atoms with Crippen molar-refractivity contribution in [1.82, 2.24) is 4.98 Å². The maximum Gasteiger partial charge on any atom is 1.00 e. The fourth-order valence-corrected chi connectivity index (χ4v) is 2.80. The second-order valence-electron chi connectivity index (χ2n) is 3.74. The molecule has 2 aromatic carbocycles. The maximum atomic E-state index is 6.11. The first kappa shape index (κ1) is 18.5. The SMILES string of the molecule is C[S-].Nc1nc(-c2ccc3ccccc3c2)c(Cl)s1.[K+]. The molecule has 0 spiro atoms. The summed E-state index contributed by atoms with van der Waals surface area (Å²) >= 11 is 11.5. The Morgan fingerprint density at radius 1 is 1.10 bits per heavy atom. The van der Waals surface area contributed by atoms with Crippen LogP contribution in [0.15, 0.2) is 42.5 Å². The van der Waals surface area contributed by atoms with E-state index >= 15 is 0 Å². The topological polar surface area (TPSA) is 38.9 Å². The molecule has 0 radical (unpaired) electrons. The summed E-state index contributed by atoms with van der Waals surface area (Å²) in [4.78, 5) is 4.25. The van der Waals surface area contributed by atoms with Gasteiger partial charge in [0.15, 0.2) is 5.13 Å². The molecule has 2 N–H and O–H groups in total. The molecular weight excluding hydrogens is 335 g/mol. The zero-order valence-corrected chi connectivity index (χ0v) is 16.8. The van der Waals surface area contributed by atoms with Gasteiger partial charge in [-0.3, -0.25) is 0 Å². The standard InChI is InChI=1S/C13H9ClN2S.CH4S.K/c14-12-11(16-13(15)17-12)10-6-5-8-3-1-2-4-9(8)7-10;1-2;/h1-7H,(H2,15,16);2H,1H3;/q;;+1/p-1. The van der Waals surface area contributed by atoms with Crippen molar-refractivity contribution in [3.05, 3.63) is 46.8 Å². The Balaban J connectivity index is 0.000000639. The Bertz CT molecular complexity index is 700. The summed E-state index contributed by atoms with van der Waals surface area (Å²) in [5.74, 6) is 0. The van der Waals surface area contributed by atoms with Gasteiger partial charge in [0.05, 0.1) is 0 Å². The number of halogens is 1. The van der Waals surface area contributed by atoms with Crippen molar-refractivity contribution in [2.45, 2.75) is 0 Å². The summed E-state index contributed by atoms with van der Waals surface area (Å²) in [5.41, 5.74) is 7.42. The van der Waals surface area contributed by atoms with E-state index in [4.69, 9.17) is 17.3 Å². The van der Waals surface area contributed by atoms with Crippen LogP contribution in [0.3, 0.4) is 0 Å². The predicted octanol–water partition coefficient (Wildman–Crippen LogP) is 1.37. The number of nitrogens with two attached hydrogens (primary N) is 1. The van der Waals surface area contributed by atoms with Gasteiger partial charge >= 0.3 is 51.4 Å². The third-order valence-electron chi connectivity index (χ3n) is 2.63. The minimum absolute atomic E-state index is 0. The van der Waals surface area contributed by atoms with Crippen molar-refractivity contribution in [2.75, 3.05) is 12.0 Å². The number of nitrogen functional groups attached to an aromatic ring is 1. The third kappa shape index (κ3) is 4.21. The molecule has 98 valence electrons. The van der Waals surface area contributed by atoms with E-state index < -0.39 is 0 Å². The quantitative estimate of drug-likeness (QED) is 0.534. The van der Waals surface area contributed by atoms with Gasteiger partial charge in [-0.25, -0.2) is 4.98 Å². The summed E-state index contributed by atoms with van der Waals surface area (Å²) in [6.07, 6.45) is 1.58. The van der Waals surface area contributed by atoms with Gasteiger partial charge < -0.3 is 18.4 Å². The molecule has 3 rings (SSSR count). The predicted molar refractivity (Wildman–Crippen MR) is 87.8 cm³/mol. The van der Waals surface area contributed by atoms with E-state index in [1.807, 2.05) is 18.2 Å². The van der Waals surface area contributed by atoms with Gasteiger partial charge in [-0.15, -0.1) is 0 Å². The van der Waals surface area contributed by atoms with Crippen molar-refractivity contribution in [2.24, 2.45) is 0 Å². The van der Waals surface area contributed by atoms with Gasteiger partial charge in [0, 0.05) is 5.56 Å². The van der Waals surface area contributed by atoms with Crippen LogP contribution in [0.25, 0.3) is 22.0 Å². The van der Waals surface area contributed by atoms with Gasteiger partial charge in [-0.2, -0.15) is 6.26 Å². The van der Waals surface area contributed by atoms with E-state index in [2.05, 4.69) is 41.9 Å². The molecule has 0 aliphatic rings. The van der Waals surface area contributed by atoms with Crippen LogP contribution in [0.5, 0.6) is 0 Å². The normalized spacial score (nSPS) is 9.55. The smallest absolute Gasteiger partial charge is 0.796 e. The van der Waals surface area contributed by atoms with Crippen molar-refractivity contribution in [1.29, 1.82) is 0 Å². The van der Waals surface area contributed by atoms with Crippen LogP contribution in [0, 0.1) is 0 Å². The first-order chi connectivity index (χ1) is 9.24. The van der Waals surface area contributed by atoms with E-state index in [1.54, 1.807) is 6.26 Å². The molecule has 1 aromatic heterocycles. The average Bonchev–Trinajstić information content (AvgIpc) is 2.79. The minimum atomic E-state index is 0. The molecule has 0 amide bonds. The van der Waals surface area contributed by atoms with Gasteiger partial charge in [0.2, 0.25) is 0 Å². The fourth-order valence-electron chi connectivity index (χ4n) is 1.83. The molecule has 0 aliphatic carbocycles. The number of anilines is 1. The van der Waals surface area contributed by atoms with Crippen LogP contribution < -0.4 is 57.1 Å². The molecule has 0 aliphatic heterocycles. The van der Waals surface area contributed by atoms with Gasteiger partial charge in [0.1, 0.15) is 10.0 Å². The number of hydrogen-bond acceptors (Lipinski definition) is 4. The van der Waals surface area contributed by atoms with Crippen LogP contribution in [-0.2, 0) is 12.6 Å². The summed E-state index contributed by atoms with van der Waals surface area (Å²) in [5, 5.41) is 2.88. The zero-order valence-electron chi connectivity index (χ0n) is 11.3. The minimum Gasteiger partial charge on any atom is -0.796 e. The van der Waals surface area contributed by atoms with Gasteiger partial charge in [-0.05, 0) is 16.8 Å². The summed E-state index contributed by atoms with van der Waals surface area (Å²) in [6.45, 7) is 0. The van der Waals surface area contributed by atoms with E-state index in [0.29, 0.717) is 9.47 Å². The van der Waals surface area contributed by atoms with Crippen LogP contribution in [0.4, 0.5) is 5.13 Å². The zero-order chi connectivity index (χ0) is 13.8. The summed E-state index contributed by atoms with van der Waals surface area (Å²) < 4.78 is 0.637. The Labute approximate surface area is 175 Å². The molecule has 6 heteroatoms. The second kappa shape index (κ2) is 8.75. The Kier molecular flexibility index (Phi) is 8.08. The van der Waals surface area contributed by atoms with Gasteiger partial charge in [0.25, 0.3) is 0 Å². The number of hydrogen-bond donors (Lipinski definition) is 1. The second-order valence-corrected chi connectivity index (χ2v) is 5.37. The molecule has 0 atom stereocenters. The summed E-state index contributed by atoms with van der Waals surface area (Å²) in [7, 11) is 0. The molecular formula is C14H12ClKN2S2. The molecule has 0 bridgehead atoms. The first-order valence-corrected chi connectivity index (χ1v) is 7.57. The van der Waals surface area contributed by atoms with Crippen LogP contribution >= 0.6 is 22.9 Å². The first-order valence-electron chi connectivity index (χ1n) is 5.56. The van der Waals surface area contributed by atoms with Crippen molar-refractivity contribution in [3.8, 4) is 11.3 Å². The summed E-state index contributed by atoms with van der Waals surface area (Å²) in [6, 6.07) is 14.4. The number of nitrogens with zero attached hydrogens (tertiary/aromatic N) is 1. The Hall–Kier alpha value is 0.406. The molecule has 0 saturated carbocycles. The van der Waals surface area contributed by atoms with Crippen molar-refractivity contribution in [3.63, 3.8) is 0 Å². The van der Waals surface area contributed by atoms with Crippen LogP contribution in [0.2, 0.25) is 4.34 Å². The largest absolute Gasteiger partial charge is 1.00 e.